The van der Waals surface area contributed by atoms with Crippen LogP contribution in [0, 0.1) is 0 Å². The summed E-state index contributed by atoms with van der Waals surface area (Å²) < 4.78 is 2.05. The van der Waals surface area contributed by atoms with Crippen LogP contribution in [0.4, 0.5) is 0 Å². The van der Waals surface area contributed by atoms with Gasteiger partial charge >= 0.3 is 0 Å². The van der Waals surface area contributed by atoms with Gasteiger partial charge in [-0.25, -0.2) is 9.55 Å². The average molecular weight is 424 g/mol. The molecule has 0 aliphatic rings. The van der Waals surface area contributed by atoms with Crippen LogP contribution < -0.4 is 28.5 Å². The summed E-state index contributed by atoms with van der Waals surface area (Å²) in [7, 11) is 2.03. The van der Waals surface area contributed by atoms with E-state index >= 15 is 0 Å². The lowest BCUT2D eigenvalue weighted by Crippen LogP contribution is -3.00. The molecule has 0 saturated carbocycles. The first-order chi connectivity index (χ1) is 11.3. The third-order valence-electron chi connectivity index (χ3n) is 4.03. The van der Waals surface area contributed by atoms with E-state index in [1.807, 2.05) is 29.9 Å². The molecule has 4 rings (SSSR count). The molecule has 3 heteroatoms. The summed E-state index contributed by atoms with van der Waals surface area (Å²) in [5.74, 6) is 0. The Morgan fingerprint density at radius 1 is 0.792 bits per heavy atom. The second-order valence-corrected chi connectivity index (χ2v) is 5.70. The maximum absolute atomic E-state index is 4.85. The van der Waals surface area contributed by atoms with Crippen LogP contribution in [0.15, 0.2) is 73.1 Å². The third kappa shape index (κ3) is 3.17. The number of fused-ring (bicyclic) bond motifs is 3. The Morgan fingerprint density at radius 2 is 1.50 bits per heavy atom. The quantitative estimate of drug-likeness (QED) is 0.270. The Morgan fingerprint density at radius 3 is 2.29 bits per heavy atom. The fourth-order valence-electron chi connectivity index (χ4n) is 2.94. The number of hydrogen-bond donors (Lipinski definition) is 0. The van der Waals surface area contributed by atoms with Gasteiger partial charge in [-0.3, -0.25) is 0 Å². The summed E-state index contributed by atoms with van der Waals surface area (Å²) in [5.41, 5.74) is 3.20. The highest BCUT2D eigenvalue weighted by atomic mass is 127. The average Bonchev–Trinajstić information content (AvgIpc) is 2.60. The number of aryl methyl sites for hydroxylation is 1. The van der Waals surface area contributed by atoms with Gasteiger partial charge in [-0.1, -0.05) is 42.5 Å². The van der Waals surface area contributed by atoms with Gasteiger partial charge in [0.25, 0.3) is 0 Å². The summed E-state index contributed by atoms with van der Waals surface area (Å²) >= 11 is 0. The van der Waals surface area contributed by atoms with Crippen molar-refractivity contribution in [3.63, 3.8) is 0 Å². The minimum atomic E-state index is 0. The van der Waals surface area contributed by atoms with E-state index in [0.29, 0.717) is 0 Å². The van der Waals surface area contributed by atoms with Gasteiger partial charge in [-0.2, -0.15) is 0 Å². The Balaban J connectivity index is 0.00000169. The van der Waals surface area contributed by atoms with Crippen molar-refractivity contribution >= 4 is 33.8 Å². The number of nitrogens with zero attached hydrogens (tertiary/aromatic N) is 2. The van der Waals surface area contributed by atoms with Crippen LogP contribution in [0.5, 0.6) is 0 Å². The van der Waals surface area contributed by atoms with Crippen molar-refractivity contribution in [2.45, 2.75) is 0 Å². The molecule has 2 nitrogen and oxygen atoms in total. The van der Waals surface area contributed by atoms with E-state index in [-0.39, 0.29) is 24.0 Å². The molecule has 0 bridgehead atoms. The summed E-state index contributed by atoms with van der Waals surface area (Å²) in [6.07, 6.45) is 8.34. The molecule has 0 spiro atoms. The molecule has 0 atom stereocenters. The summed E-state index contributed by atoms with van der Waals surface area (Å²) in [4.78, 5) is 4.85. The molecule has 24 heavy (non-hydrogen) atoms. The number of halogens is 1. The summed E-state index contributed by atoms with van der Waals surface area (Å²) in [6.45, 7) is 0. The second kappa shape index (κ2) is 7.09. The molecule has 0 unspecified atom stereocenters. The zero-order chi connectivity index (χ0) is 15.6. The second-order valence-electron chi connectivity index (χ2n) is 5.70. The van der Waals surface area contributed by atoms with Gasteiger partial charge in [0, 0.05) is 22.4 Å². The van der Waals surface area contributed by atoms with Crippen LogP contribution in [0.25, 0.3) is 33.8 Å². The van der Waals surface area contributed by atoms with Crippen molar-refractivity contribution in [1.82, 2.24) is 4.98 Å². The van der Waals surface area contributed by atoms with Gasteiger partial charge in [0.15, 0.2) is 12.4 Å². The maximum Gasteiger partial charge on any atom is 0.175 e. The summed E-state index contributed by atoms with van der Waals surface area (Å²) in [6, 6.07) is 20.9. The fraction of sp³-hybridized carbons (Fsp3) is 0.0476. The van der Waals surface area contributed by atoms with Crippen LogP contribution in [0.3, 0.4) is 0 Å². The molecular weight excluding hydrogens is 407 g/mol. The zero-order valence-corrected chi connectivity index (χ0v) is 15.5. The highest BCUT2D eigenvalue weighted by Crippen LogP contribution is 2.27. The Bertz CT molecular complexity index is 1040. The molecule has 0 radical (unpaired) electrons. The van der Waals surface area contributed by atoms with Crippen molar-refractivity contribution < 1.29 is 28.5 Å². The molecule has 2 heterocycles. The number of rotatable bonds is 2. The molecular formula is C21H17IN2. The number of pyridine rings is 2. The molecule has 0 fully saturated rings. The largest absolute Gasteiger partial charge is 1.00 e. The van der Waals surface area contributed by atoms with E-state index in [1.54, 1.807) is 0 Å². The number of hydrogen-bond acceptors (Lipinski definition) is 1. The normalized spacial score (nSPS) is 11.0. The third-order valence-corrected chi connectivity index (χ3v) is 4.03. The molecule has 118 valence electrons. The van der Waals surface area contributed by atoms with Crippen molar-refractivity contribution in [2.24, 2.45) is 7.05 Å². The Hall–Kier alpha value is -2.27. The van der Waals surface area contributed by atoms with Crippen LogP contribution in [0.1, 0.15) is 11.3 Å². The predicted molar refractivity (Wildman–Crippen MR) is 95.8 cm³/mol. The molecule has 0 saturated heterocycles. The molecule has 0 N–H and O–H groups in total. The molecule has 2 aromatic carbocycles. The van der Waals surface area contributed by atoms with Crippen LogP contribution in [-0.4, -0.2) is 4.98 Å². The number of para-hydroxylation sites is 1. The van der Waals surface area contributed by atoms with Gasteiger partial charge < -0.3 is 24.0 Å². The van der Waals surface area contributed by atoms with Gasteiger partial charge in [-0.15, -0.1) is 0 Å². The molecule has 0 amide bonds. The molecule has 4 aromatic rings. The van der Waals surface area contributed by atoms with E-state index in [2.05, 4.69) is 66.9 Å². The maximum atomic E-state index is 4.85. The number of aromatic nitrogens is 2. The minimum absolute atomic E-state index is 0. The van der Waals surface area contributed by atoms with Crippen LogP contribution in [-0.2, 0) is 7.05 Å². The van der Waals surface area contributed by atoms with E-state index in [0.717, 1.165) is 16.8 Å². The first-order valence-electron chi connectivity index (χ1n) is 7.72. The highest BCUT2D eigenvalue weighted by Gasteiger charge is 2.05. The molecule has 0 aliphatic heterocycles. The zero-order valence-electron chi connectivity index (χ0n) is 13.4. The SMILES string of the molecule is C[n+]1cccc(/C=C\c2nc3ccccc3c3ccccc23)c1.[I-]. The van der Waals surface area contributed by atoms with Crippen molar-refractivity contribution in [2.75, 3.05) is 0 Å². The lowest BCUT2D eigenvalue weighted by Gasteiger charge is -2.06. The minimum Gasteiger partial charge on any atom is -1.00 e. The van der Waals surface area contributed by atoms with E-state index in [1.165, 1.54) is 16.2 Å². The lowest BCUT2D eigenvalue weighted by atomic mass is 10.0. The first kappa shape index (κ1) is 16.6. The van der Waals surface area contributed by atoms with Crippen LogP contribution >= 0.6 is 0 Å². The van der Waals surface area contributed by atoms with E-state index in [9.17, 15) is 0 Å². The fourth-order valence-corrected chi connectivity index (χ4v) is 2.94. The van der Waals surface area contributed by atoms with Gasteiger partial charge in [-0.05, 0) is 29.7 Å². The standard InChI is InChI=1S/C21H17N2.HI/c1-23-14-6-7-16(15-23)12-13-21-19-9-3-2-8-17(19)18-10-4-5-11-20(18)22-21;/h2-15H,1H3;1H/q+1;/p-1/b13-12-;. The van der Waals surface area contributed by atoms with E-state index in [4.69, 9.17) is 4.98 Å². The van der Waals surface area contributed by atoms with Gasteiger partial charge in [0.1, 0.15) is 7.05 Å². The van der Waals surface area contributed by atoms with Crippen molar-refractivity contribution in [3.05, 3.63) is 84.3 Å². The summed E-state index contributed by atoms with van der Waals surface area (Å²) in [5, 5.41) is 3.63. The number of benzene rings is 2. The van der Waals surface area contributed by atoms with Crippen LogP contribution in [0.2, 0.25) is 0 Å². The molecule has 2 aromatic heterocycles. The lowest BCUT2D eigenvalue weighted by molar-refractivity contribution is -0.671. The Kier molecular flexibility index (Phi) is 4.90. The highest BCUT2D eigenvalue weighted by molar-refractivity contribution is 6.08. The predicted octanol–water partition coefficient (Wildman–Crippen LogP) is 1.39. The van der Waals surface area contributed by atoms with Crippen molar-refractivity contribution in [1.29, 1.82) is 0 Å². The van der Waals surface area contributed by atoms with Gasteiger partial charge in [0.05, 0.1) is 11.2 Å². The smallest absolute Gasteiger partial charge is 0.175 e. The van der Waals surface area contributed by atoms with Gasteiger partial charge in [0.2, 0.25) is 0 Å². The van der Waals surface area contributed by atoms with E-state index < -0.39 is 0 Å². The van der Waals surface area contributed by atoms with Crippen molar-refractivity contribution in [3.8, 4) is 0 Å². The Labute approximate surface area is 158 Å². The topological polar surface area (TPSA) is 16.8 Å². The molecule has 0 aliphatic carbocycles. The monoisotopic (exact) mass is 424 g/mol. The first-order valence-corrected chi connectivity index (χ1v) is 7.72.